The summed E-state index contributed by atoms with van der Waals surface area (Å²) in [4.78, 5) is 11.7. The first-order valence-electron chi connectivity index (χ1n) is 5.55. The molecular formula is C12H16N4O2. The van der Waals surface area contributed by atoms with Crippen LogP contribution in [0.2, 0.25) is 0 Å². The average Bonchev–Trinajstić information content (AvgIpc) is 2.77. The Bertz CT molecular complexity index is 471. The number of carbonyl (C=O) groups is 1. The summed E-state index contributed by atoms with van der Waals surface area (Å²) >= 11 is 0. The number of aromatic nitrogens is 2. The van der Waals surface area contributed by atoms with Crippen LogP contribution in [0.1, 0.15) is 12.0 Å². The lowest BCUT2D eigenvalue weighted by molar-refractivity contribution is -0.117. The molecule has 0 unspecified atom stereocenters. The molecule has 1 rings (SSSR count). The van der Waals surface area contributed by atoms with Gasteiger partial charge in [-0.2, -0.15) is 10.4 Å². The van der Waals surface area contributed by atoms with Crippen LogP contribution in [0.25, 0.3) is 6.08 Å². The van der Waals surface area contributed by atoms with E-state index in [1.54, 1.807) is 31.2 Å². The Hall–Kier alpha value is -2.13. The van der Waals surface area contributed by atoms with E-state index in [-0.39, 0.29) is 11.5 Å². The number of hydrogen-bond acceptors (Lipinski definition) is 4. The topological polar surface area (TPSA) is 79.9 Å². The monoisotopic (exact) mass is 248 g/mol. The molecule has 1 aromatic rings. The molecule has 0 saturated carbocycles. The van der Waals surface area contributed by atoms with Gasteiger partial charge in [0.15, 0.2) is 0 Å². The molecule has 0 saturated heterocycles. The molecule has 0 radical (unpaired) electrons. The quantitative estimate of drug-likeness (QED) is 0.451. The highest BCUT2D eigenvalue weighted by Crippen LogP contribution is 2.05. The summed E-state index contributed by atoms with van der Waals surface area (Å²) in [5.41, 5.74) is 0.793. The van der Waals surface area contributed by atoms with E-state index in [4.69, 9.17) is 10.00 Å². The Kier molecular flexibility index (Phi) is 5.61. The van der Waals surface area contributed by atoms with Gasteiger partial charge in [0.25, 0.3) is 5.91 Å². The number of hydrogen-bond donors (Lipinski definition) is 1. The van der Waals surface area contributed by atoms with Gasteiger partial charge in [0, 0.05) is 39.1 Å². The summed E-state index contributed by atoms with van der Waals surface area (Å²) in [5.74, 6) is -0.377. The molecule has 0 aliphatic rings. The third-order valence-electron chi connectivity index (χ3n) is 2.21. The van der Waals surface area contributed by atoms with Gasteiger partial charge in [-0.05, 0) is 12.5 Å². The SMILES string of the molecule is COCCCNC(=O)/C(C#N)=C\c1cnn(C)c1. The summed E-state index contributed by atoms with van der Waals surface area (Å²) in [7, 11) is 3.37. The van der Waals surface area contributed by atoms with Crippen molar-refractivity contribution in [3.8, 4) is 6.07 Å². The highest BCUT2D eigenvalue weighted by Gasteiger charge is 2.08. The molecule has 0 aromatic carbocycles. The second-order valence-electron chi connectivity index (χ2n) is 3.72. The van der Waals surface area contributed by atoms with Gasteiger partial charge in [0.05, 0.1) is 6.20 Å². The largest absolute Gasteiger partial charge is 0.385 e. The van der Waals surface area contributed by atoms with E-state index < -0.39 is 0 Å². The van der Waals surface area contributed by atoms with Crippen LogP contribution in [-0.2, 0) is 16.6 Å². The minimum Gasteiger partial charge on any atom is -0.385 e. The molecule has 0 atom stereocenters. The summed E-state index contributed by atoms with van der Waals surface area (Å²) < 4.78 is 6.48. The summed E-state index contributed by atoms with van der Waals surface area (Å²) in [6, 6.07) is 1.88. The van der Waals surface area contributed by atoms with Crippen molar-refractivity contribution >= 4 is 12.0 Å². The van der Waals surface area contributed by atoms with Gasteiger partial charge in [-0.15, -0.1) is 0 Å². The van der Waals surface area contributed by atoms with Crippen LogP contribution in [-0.4, -0.2) is 35.9 Å². The Labute approximate surface area is 106 Å². The smallest absolute Gasteiger partial charge is 0.261 e. The van der Waals surface area contributed by atoms with Crippen LogP contribution in [0.15, 0.2) is 18.0 Å². The maximum absolute atomic E-state index is 11.7. The van der Waals surface area contributed by atoms with Crippen molar-refractivity contribution in [3.63, 3.8) is 0 Å². The first-order valence-corrected chi connectivity index (χ1v) is 5.55. The van der Waals surface area contributed by atoms with Crippen molar-refractivity contribution < 1.29 is 9.53 Å². The predicted octanol–water partition coefficient (Wildman–Crippen LogP) is 0.480. The molecule has 0 aliphatic heterocycles. The molecular weight excluding hydrogens is 232 g/mol. The molecule has 6 nitrogen and oxygen atoms in total. The average molecular weight is 248 g/mol. The Balaban J connectivity index is 2.58. The van der Waals surface area contributed by atoms with E-state index in [9.17, 15) is 4.79 Å². The van der Waals surface area contributed by atoms with Gasteiger partial charge in [0.1, 0.15) is 11.6 Å². The maximum Gasteiger partial charge on any atom is 0.261 e. The van der Waals surface area contributed by atoms with E-state index >= 15 is 0 Å². The summed E-state index contributed by atoms with van der Waals surface area (Å²) in [6.45, 7) is 1.06. The number of aryl methyl sites for hydroxylation is 1. The molecule has 1 amide bonds. The number of nitrogens with one attached hydrogen (secondary N) is 1. The fourth-order valence-electron chi connectivity index (χ4n) is 1.34. The molecule has 1 aromatic heterocycles. The van der Waals surface area contributed by atoms with Crippen molar-refractivity contribution in [2.75, 3.05) is 20.3 Å². The van der Waals surface area contributed by atoms with E-state index in [1.165, 1.54) is 6.08 Å². The van der Waals surface area contributed by atoms with E-state index in [2.05, 4.69) is 10.4 Å². The number of methoxy groups -OCH3 is 1. The van der Waals surface area contributed by atoms with Crippen molar-refractivity contribution in [3.05, 3.63) is 23.5 Å². The highest BCUT2D eigenvalue weighted by molar-refractivity contribution is 6.01. The second kappa shape index (κ2) is 7.25. The minimum absolute atomic E-state index is 0.0698. The van der Waals surface area contributed by atoms with Gasteiger partial charge >= 0.3 is 0 Å². The molecule has 18 heavy (non-hydrogen) atoms. The number of nitriles is 1. The first kappa shape index (κ1) is 13.9. The van der Waals surface area contributed by atoms with E-state index in [0.29, 0.717) is 19.6 Å². The lowest BCUT2D eigenvalue weighted by Gasteiger charge is -2.03. The normalized spacial score (nSPS) is 11.1. The molecule has 6 heteroatoms. The zero-order chi connectivity index (χ0) is 13.4. The molecule has 1 heterocycles. The van der Waals surface area contributed by atoms with Gasteiger partial charge in [-0.1, -0.05) is 0 Å². The number of rotatable bonds is 6. The van der Waals surface area contributed by atoms with Crippen LogP contribution in [0, 0.1) is 11.3 Å². The number of nitrogens with zero attached hydrogens (tertiary/aromatic N) is 3. The van der Waals surface area contributed by atoms with Gasteiger partial charge in [-0.3, -0.25) is 9.48 Å². The Morgan fingerprint density at radius 1 is 1.72 bits per heavy atom. The lowest BCUT2D eigenvalue weighted by atomic mass is 10.2. The third-order valence-corrected chi connectivity index (χ3v) is 2.21. The molecule has 96 valence electrons. The van der Waals surface area contributed by atoms with Crippen molar-refractivity contribution in [1.29, 1.82) is 5.26 Å². The highest BCUT2D eigenvalue weighted by atomic mass is 16.5. The summed E-state index contributed by atoms with van der Waals surface area (Å²) in [6.07, 6.45) is 5.55. The predicted molar refractivity (Wildman–Crippen MR) is 66.3 cm³/mol. The van der Waals surface area contributed by atoms with Crippen molar-refractivity contribution in [1.82, 2.24) is 15.1 Å². The Morgan fingerprint density at radius 2 is 2.50 bits per heavy atom. The molecule has 0 fully saturated rings. The molecule has 1 N–H and O–H groups in total. The first-order chi connectivity index (χ1) is 8.67. The van der Waals surface area contributed by atoms with Crippen molar-refractivity contribution in [2.45, 2.75) is 6.42 Å². The fraction of sp³-hybridized carbons (Fsp3) is 0.417. The van der Waals surface area contributed by atoms with Crippen LogP contribution < -0.4 is 5.32 Å². The fourth-order valence-corrected chi connectivity index (χ4v) is 1.34. The lowest BCUT2D eigenvalue weighted by Crippen LogP contribution is -2.26. The summed E-state index contributed by atoms with van der Waals surface area (Å²) in [5, 5.41) is 15.6. The van der Waals surface area contributed by atoms with E-state index in [1.807, 2.05) is 6.07 Å². The standard InChI is InChI=1S/C12H16N4O2/c1-16-9-10(8-15-16)6-11(7-13)12(17)14-4-3-5-18-2/h6,8-9H,3-5H2,1-2H3,(H,14,17)/b11-6-. The number of amides is 1. The molecule has 0 aliphatic carbocycles. The van der Waals surface area contributed by atoms with Gasteiger partial charge < -0.3 is 10.1 Å². The zero-order valence-electron chi connectivity index (χ0n) is 10.5. The van der Waals surface area contributed by atoms with Crippen LogP contribution in [0.5, 0.6) is 0 Å². The number of carbonyl (C=O) groups excluding carboxylic acids is 1. The van der Waals surface area contributed by atoms with Gasteiger partial charge in [-0.25, -0.2) is 0 Å². The van der Waals surface area contributed by atoms with Crippen molar-refractivity contribution in [2.24, 2.45) is 7.05 Å². The van der Waals surface area contributed by atoms with Crippen LogP contribution in [0.3, 0.4) is 0 Å². The zero-order valence-corrected chi connectivity index (χ0v) is 10.5. The third kappa shape index (κ3) is 4.39. The second-order valence-corrected chi connectivity index (χ2v) is 3.72. The maximum atomic E-state index is 11.7. The molecule has 0 spiro atoms. The van der Waals surface area contributed by atoms with Crippen LogP contribution in [0.4, 0.5) is 0 Å². The van der Waals surface area contributed by atoms with Crippen LogP contribution >= 0.6 is 0 Å². The molecule has 0 bridgehead atoms. The minimum atomic E-state index is -0.377. The van der Waals surface area contributed by atoms with E-state index in [0.717, 1.165) is 5.56 Å². The number of ether oxygens (including phenoxy) is 1. The van der Waals surface area contributed by atoms with Gasteiger partial charge in [0.2, 0.25) is 0 Å². The Morgan fingerprint density at radius 3 is 3.06 bits per heavy atom.